The Bertz CT molecular complexity index is 659. The van der Waals surface area contributed by atoms with Gasteiger partial charge in [0.1, 0.15) is 18.1 Å². The molecule has 10 N–H and O–H groups in total. The van der Waals surface area contributed by atoms with Gasteiger partial charge in [-0.05, 0) is 13.3 Å². The van der Waals surface area contributed by atoms with Gasteiger partial charge in [0, 0.05) is 12.2 Å². The lowest BCUT2D eigenvalue weighted by molar-refractivity contribution is -0.141. The summed E-state index contributed by atoms with van der Waals surface area (Å²) in [6, 6.07) is -5.09. The Kier molecular flexibility index (Phi) is 11.3. The number of primary amides is 2. The number of nitrogens with one attached hydrogen (secondary N) is 3. The maximum absolute atomic E-state index is 12.4. The van der Waals surface area contributed by atoms with E-state index in [9.17, 15) is 28.8 Å². The Labute approximate surface area is 171 Å². The molecule has 0 aromatic rings. The largest absolute Gasteiger partial charge is 0.480 e. The zero-order chi connectivity index (χ0) is 22.7. The van der Waals surface area contributed by atoms with Gasteiger partial charge in [0.25, 0.3) is 0 Å². The quantitative estimate of drug-likeness (QED) is 0.132. The van der Waals surface area contributed by atoms with Gasteiger partial charge in [-0.2, -0.15) is 12.6 Å². The van der Waals surface area contributed by atoms with E-state index in [2.05, 4.69) is 28.6 Å². The van der Waals surface area contributed by atoms with E-state index in [1.165, 1.54) is 6.92 Å². The molecule has 0 aromatic heterocycles. The highest BCUT2D eigenvalue weighted by Crippen LogP contribution is 2.00. The van der Waals surface area contributed by atoms with Crippen LogP contribution in [0.15, 0.2) is 0 Å². The summed E-state index contributed by atoms with van der Waals surface area (Å²) in [7, 11) is 0. The van der Waals surface area contributed by atoms with Gasteiger partial charge in [0.05, 0.1) is 12.5 Å². The molecule has 0 rings (SSSR count). The van der Waals surface area contributed by atoms with Crippen LogP contribution in [0.1, 0.15) is 26.2 Å². The lowest BCUT2D eigenvalue weighted by Crippen LogP contribution is -2.58. The van der Waals surface area contributed by atoms with Crippen LogP contribution < -0.4 is 33.2 Å². The predicted octanol–water partition coefficient (Wildman–Crippen LogP) is -4.06. The van der Waals surface area contributed by atoms with Crippen molar-refractivity contribution in [2.75, 3.05) is 5.75 Å². The van der Waals surface area contributed by atoms with Crippen LogP contribution in [0.25, 0.3) is 0 Å². The van der Waals surface area contributed by atoms with Crippen molar-refractivity contribution >= 4 is 48.1 Å². The topological polar surface area (TPSA) is 237 Å². The Hall–Kier alpha value is -2.87. The second kappa shape index (κ2) is 12.6. The molecule has 0 heterocycles. The van der Waals surface area contributed by atoms with Crippen LogP contribution in [-0.2, 0) is 28.8 Å². The van der Waals surface area contributed by atoms with E-state index in [1.807, 2.05) is 0 Å². The van der Waals surface area contributed by atoms with Crippen molar-refractivity contribution in [2.24, 2.45) is 17.2 Å². The minimum Gasteiger partial charge on any atom is -0.480 e. The summed E-state index contributed by atoms with van der Waals surface area (Å²) in [6.45, 7) is 1.22. The number of carbonyl (C=O) groups excluding carboxylic acids is 5. The maximum Gasteiger partial charge on any atom is 0.325 e. The van der Waals surface area contributed by atoms with Crippen LogP contribution in [0.3, 0.4) is 0 Å². The average molecular weight is 434 g/mol. The van der Waals surface area contributed by atoms with Crippen LogP contribution in [0.5, 0.6) is 0 Å². The molecule has 4 unspecified atom stereocenters. The van der Waals surface area contributed by atoms with Crippen LogP contribution >= 0.6 is 12.6 Å². The van der Waals surface area contributed by atoms with E-state index in [-0.39, 0.29) is 18.6 Å². The first kappa shape index (κ1) is 26.1. The summed E-state index contributed by atoms with van der Waals surface area (Å²) in [5, 5.41) is 15.5. The average Bonchev–Trinajstić information content (AvgIpc) is 2.62. The van der Waals surface area contributed by atoms with Gasteiger partial charge >= 0.3 is 5.97 Å². The molecular formula is C15H26N6O7S. The molecule has 0 bridgehead atoms. The molecule has 0 radical (unpaired) electrons. The fourth-order valence-electron chi connectivity index (χ4n) is 1.96. The number of hydrogen-bond acceptors (Lipinski definition) is 8. The van der Waals surface area contributed by atoms with Crippen molar-refractivity contribution in [3.05, 3.63) is 0 Å². The lowest BCUT2D eigenvalue weighted by Gasteiger charge is -2.23. The molecule has 0 aliphatic rings. The second-order valence-electron chi connectivity index (χ2n) is 6.16. The summed E-state index contributed by atoms with van der Waals surface area (Å²) in [6.07, 6.45) is -0.835. The third-order valence-corrected chi connectivity index (χ3v) is 3.99. The number of carboxylic acid groups (broad SMARTS) is 1. The highest BCUT2D eigenvalue weighted by atomic mass is 32.1. The molecule has 0 fully saturated rings. The zero-order valence-electron chi connectivity index (χ0n) is 15.7. The lowest BCUT2D eigenvalue weighted by atomic mass is 10.1. The second-order valence-corrected chi connectivity index (χ2v) is 6.52. The van der Waals surface area contributed by atoms with Crippen molar-refractivity contribution in [3.63, 3.8) is 0 Å². The van der Waals surface area contributed by atoms with Crippen molar-refractivity contribution < 1.29 is 33.9 Å². The van der Waals surface area contributed by atoms with E-state index < -0.39 is 66.1 Å². The Balaban J connectivity index is 5.10. The number of thiol groups is 1. The molecule has 13 nitrogen and oxygen atoms in total. The van der Waals surface area contributed by atoms with Crippen LogP contribution in [0.2, 0.25) is 0 Å². The molecule has 4 atom stereocenters. The summed E-state index contributed by atoms with van der Waals surface area (Å²) < 4.78 is 0. The smallest absolute Gasteiger partial charge is 0.325 e. The van der Waals surface area contributed by atoms with Crippen molar-refractivity contribution in [1.29, 1.82) is 0 Å². The van der Waals surface area contributed by atoms with Crippen LogP contribution in [0.4, 0.5) is 0 Å². The molecule has 164 valence electrons. The summed E-state index contributed by atoms with van der Waals surface area (Å²) in [5.74, 6) is -5.66. The minimum atomic E-state index is -1.45. The maximum atomic E-state index is 12.4. The van der Waals surface area contributed by atoms with Crippen LogP contribution in [-0.4, -0.2) is 70.5 Å². The van der Waals surface area contributed by atoms with E-state index in [4.69, 9.17) is 22.3 Å². The number of amides is 5. The Morgan fingerprint density at radius 2 is 1.41 bits per heavy atom. The van der Waals surface area contributed by atoms with E-state index in [1.54, 1.807) is 0 Å². The fraction of sp³-hybridized carbons (Fsp3) is 0.600. The number of rotatable bonds is 13. The van der Waals surface area contributed by atoms with Gasteiger partial charge in [0.2, 0.25) is 29.5 Å². The van der Waals surface area contributed by atoms with Gasteiger partial charge in [-0.1, -0.05) is 0 Å². The Morgan fingerprint density at radius 3 is 1.86 bits per heavy atom. The van der Waals surface area contributed by atoms with Gasteiger partial charge in [-0.15, -0.1) is 0 Å². The van der Waals surface area contributed by atoms with Gasteiger partial charge < -0.3 is 38.3 Å². The zero-order valence-corrected chi connectivity index (χ0v) is 16.6. The highest BCUT2D eigenvalue weighted by molar-refractivity contribution is 7.80. The molecule has 14 heteroatoms. The number of aliphatic carboxylic acids is 1. The molecule has 0 aliphatic carbocycles. The third kappa shape index (κ3) is 10.3. The van der Waals surface area contributed by atoms with Crippen molar-refractivity contribution in [3.8, 4) is 0 Å². The molecule has 0 spiro atoms. The van der Waals surface area contributed by atoms with Gasteiger partial charge in [-0.3, -0.25) is 28.8 Å². The van der Waals surface area contributed by atoms with E-state index >= 15 is 0 Å². The van der Waals surface area contributed by atoms with E-state index in [0.717, 1.165) is 0 Å². The normalized spacial score (nSPS) is 14.6. The first-order valence-corrected chi connectivity index (χ1v) is 9.09. The summed E-state index contributed by atoms with van der Waals surface area (Å²) in [4.78, 5) is 69.4. The number of carboxylic acids is 1. The first-order chi connectivity index (χ1) is 13.4. The fourth-order valence-corrected chi connectivity index (χ4v) is 2.22. The van der Waals surface area contributed by atoms with Gasteiger partial charge in [0.15, 0.2) is 0 Å². The Morgan fingerprint density at radius 1 is 0.897 bits per heavy atom. The highest BCUT2D eigenvalue weighted by Gasteiger charge is 2.29. The first-order valence-electron chi connectivity index (χ1n) is 8.46. The number of carbonyl (C=O) groups is 6. The van der Waals surface area contributed by atoms with Gasteiger partial charge in [-0.25, -0.2) is 0 Å². The van der Waals surface area contributed by atoms with Crippen molar-refractivity contribution in [1.82, 2.24) is 16.0 Å². The monoisotopic (exact) mass is 434 g/mol. The molecule has 5 amide bonds. The number of nitrogens with two attached hydrogens (primary N) is 3. The molecule has 0 aromatic carbocycles. The van der Waals surface area contributed by atoms with Crippen LogP contribution in [0, 0.1) is 0 Å². The minimum absolute atomic E-state index is 0.0825. The number of hydrogen-bond donors (Lipinski definition) is 8. The molecule has 0 saturated carbocycles. The third-order valence-electron chi connectivity index (χ3n) is 3.62. The molecule has 29 heavy (non-hydrogen) atoms. The molecule has 0 aliphatic heterocycles. The van der Waals surface area contributed by atoms with Crippen molar-refractivity contribution in [2.45, 2.75) is 50.4 Å². The summed E-state index contributed by atoms with van der Waals surface area (Å²) in [5.41, 5.74) is 15.7. The molecule has 0 saturated heterocycles. The molecular weight excluding hydrogens is 408 g/mol. The standard InChI is InChI=1S/C15H26N6O7S/c1-6(15(27)28)19-14(26)9(5-29)21-13(25)8(4-11(18)23)20-12(24)7(16)2-3-10(17)22/h6-9,29H,2-5,16H2,1H3,(H2,17,22)(H2,18,23)(H,19,26)(H,20,24)(H,21,25)(H,27,28). The summed E-state index contributed by atoms with van der Waals surface area (Å²) >= 11 is 3.93. The van der Waals surface area contributed by atoms with E-state index in [0.29, 0.717) is 0 Å². The SMILES string of the molecule is CC(NC(=O)C(CS)NC(=O)C(CC(N)=O)NC(=O)C(N)CCC(N)=O)C(=O)O. The predicted molar refractivity (Wildman–Crippen MR) is 103 cm³/mol.